The van der Waals surface area contributed by atoms with Crippen LogP contribution in [-0.2, 0) is 0 Å². The number of methoxy groups -OCH3 is 1. The molecule has 3 heterocycles. The van der Waals surface area contributed by atoms with Gasteiger partial charge in [-0.05, 0) is 61.9 Å². The summed E-state index contributed by atoms with van der Waals surface area (Å²) in [5.74, 6) is -1.70. The highest BCUT2D eigenvalue weighted by molar-refractivity contribution is 6.30. The van der Waals surface area contributed by atoms with Gasteiger partial charge in [-0.1, -0.05) is 11.6 Å². The molecule has 1 aliphatic carbocycles. The van der Waals surface area contributed by atoms with Crippen molar-refractivity contribution < 1.29 is 23.8 Å². The Morgan fingerprint density at radius 1 is 1.13 bits per heavy atom. The summed E-state index contributed by atoms with van der Waals surface area (Å²) >= 11 is 6.00. The molecule has 0 spiro atoms. The van der Waals surface area contributed by atoms with Gasteiger partial charge in [0.15, 0.2) is 11.6 Å². The molecule has 8 nitrogen and oxygen atoms in total. The number of piperidine rings is 1. The van der Waals surface area contributed by atoms with Crippen LogP contribution in [0.4, 0.5) is 10.1 Å². The monoisotopic (exact) mass is 539 g/mol. The predicted octanol–water partition coefficient (Wildman–Crippen LogP) is 4.58. The standard InChI is InChI=1S/C28H27ClFN3O5/c1-38-26-23-19(25(34)20(28(36)37)13-33(23)18-8-9-18)11-21(30)24(26)31-12-16-3-2-10-32(22(16)14-31)27(35)15-4-6-17(29)7-5-15/h4-7,11,13,16,18,22H,2-3,8-10,12,14H2,1H3,(H,36,37)/t16-,22+/m1/s1. The summed E-state index contributed by atoms with van der Waals surface area (Å²) in [6.07, 6.45) is 4.79. The molecule has 198 valence electrons. The molecule has 1 amide bonds. The lowest BCUT2D eigenvalue weighted by Crippen LogP contribution is -2.48. The minimum absolute atomic E-state index is 0.00828. The number of pyridine rings is 1. The van der Waals surface area contributed by atoms with Gasteiger partial charge in [0.25, 0.3) is 5.91 Å². The van der Waals surface area contributed by atoms with Gasteiger partial charge in [-0.2, -0.15) is 0 Å². The molecule has 0 unspecified atom stereocenters. The van der Waals surface area contributed by atoms with Crippen molar-refractivity contribution in [3.63, 3.8) is 0 Å². The van der Waals surface area contributed by atoms with Crippen LogP contribution in [-0.4, -0.2) is 59.2 Å². The molecule has 38 heavy (non-hydrogen) atoms. The number of carboxylic acid groups (broad SMARTS) is 1. The Labute approximate surface area is 223 Å². The van der Waals surface area contributed by atoms with Crippen molar-refractivity contribution >= 4 is 40.1 Å². The first-order chi connectivity index (χ1) is 18.3. The van der Waals surface area contributed by atoms with Crippen LogP contribution in [0.15, 0.2) is 41.3 Å². The van der Waals surface area contributed by atoms with Gasteiger partial charge >= 0.3 is 5.97 Å². The van der Waals surface area contributed by atoms with E-state index in [2.05, 4.69) is 0 Å². The van der Waals surface area contributed by atoms with Crippen LogP contribution in [0.1, 0.15) is 52.4 Å². The summed E-state index contributed by atoms with van der Waals surface area (Å²) in [4.78, 5) is 41.9. The summed E-state index contributed by atoms with van der Waals surface area (Å²) in [6.45, 7) is 1.57. The number of fused-ring (bicyclic) bond motifs is 2. The number of anilines is 1. The van der Waals surface area contributed by atoms with Crippen LogP contribution in [0.2, 0.25) is 5.02 Å². The van der Waals surface area contributed by atoms with E-state index >= 15 is 4.39 Å². The number of aromatic nitrogens is 1. The minimum Gasteiger partial charge on any atom is -0.492 e. The third kappa shape index (κ3) is 4.00. The maximum absolute atomic E-state index is 15.8. The molecule has 3 aromatic rings. The molecule has 2 saturated heterocycles. The van der Waals surface area contributed by atoms with E-state index in [0.29, 0.717) is 35.7 Å². The van der Waals surface area contributed by atoms with E-state index in [0.717, 1.165) is 31.7 Å². The smallest absolute Gasteiger partial charge is 0.341 e. The summed E-state index contributed by atoms with van der Waals surface area (Å²) in [5.41, 5.74) is 0.0892. The first-order valence-electron chi connectivity index (χ1n) is 12.8. The molecule has 2 aliphatic heterocycles. The Morgan fingerprint density at radius 3 is 2.53 bits per heavy atom. The van der Waals surface area contributed by atoms with Crippen molar-refractivity contribution in [1.29, 1.82) is 0 Å². The topological polar surface area (TPSA) is 92.1 Å². The van der Waals surface area contributed by atoms with Gasteiger partial charge in [0.2, 0.25) is 5.43 Å². The first kappa shape index (κ1) is 24.7. The fraction of sp³-hybridized carbons (Fsp3) is 0.393. The normalized spacial score (nSPS) is 21.0. The van der Waals surface area contributed by atoms with Crippen LogP contribution in [0, 0.1) is 11.7 Å². The average Bonchev–Trinajstić information content (AvgIpc) is 3.66. The van der Waals surface area contributed by atoms with Gasteiger partial charge in [0, 0.05) is 42.5 Å². The fourth-order valence-electron chi connectivity index (χ4n) is 6.10. The number of ether oxygens (including phenoxy) is 1. The maximum atomic E-state index is 15.8. The van der Waals surface area contributed by atoms with E-state index in [4.69, 9.17) is 16.3 Å². The van der Waals surface area contributed by atoms with Crippen molar-refractivity contribution in [3.8, 4) is 5.75 Å². The Balaban J connectivity index is 1.42. The number of halogens is 2. The highest BCUT2D eigenvalue weighted by atomic mass is 35.5. The Bertz CT molecular complexity index is 1520. The second-order valence-corrected chi connectivity index (χ2v) is 10.8. The zero-order valence-electron chi connectivity index (χ0n) is 20.8. The molecule has 1 aromatic heterocycles. The lowest BCUT2D eigenvalue weighted by Gasteiger charge is -2.37. The number of hydrogen-bond acceptors (Lipinski definition) is 5. The summed E-state index contributed by atoms with van der Waals surface area (Å²) in [7, 11) is 1.43. The number of rotatable bonds is 5. The van der Waals surface area contributed by atoms with Crippen LogP contribution in [0.3, 0.4) is 0 Å². The van der Waals surface area contributed by atoms with Crippen molar-refractivity contribution in [3.05, 3.63) is 68.7 Å². The lowest BCUT2D eigenvalue weighted by atomic mass is 9.91. The fourth-order valence-corrected chi connectivity index (χ4v) is 6.22. The lowest BCUT2D eigenvalue weighted by molar-refractivity contribution is 0.0575. The molecule has 1 saturated carbocycles. The number of carboxylic acids is 1. The van der Waals surface area contributed by atoms with E-state index in [1.807, 2.05) is 9.80 Å². The molecule has 3 fully saturated rings. The predicted molar refractivity (Wildman–Crippen MR) is 141 cm³/mol. The van der Waals surface area contributed by atoms with Gasteiger partial charge < -0.3 is 24.2 Å². The van der Waals surface area contributed by atoms with Gasteiger partial charge in [-0.3, -0.25) is 9.59 Å². The molecular weight excluding hydrogens is 513 g/mol. The number of carbonyl (C=O) groups excluding carboxylic acids is 1. The van der Waals surface area contributed by atoms with Crippen molar-refractivity contribution in [1.82, 2.24) is 9.47 Å². The van der Waals surface area contributed by atoms with Crippen molar-refractivity contribution in [2.45, 2.75) is 37.8 Å². The quantitative estimate of drug-likeness (QED) is 0.510. The molecule has 3 aliphatic rings. The summed E-state index contributed by atoms with van der Waals surface area (Å²) < 4.78 is 23.3. The van der Waals surface area contributed by atoms with E-state index in [-0.39, 0.29) is 46.3 Å². The summed E-state index contributed by atoms with van der Waals surface area (Å²) in [6, 6.07) is 7.89. The summed E-state index contributed by atoms with van der Waals surface area (Å²) in [5, 5.41) is 10.1. The molecule has 0 radical (unpaired) electrons. The van der Waals surface area contributed by atoms with Crippen molar-refractivity contribution in [2.24, 2.45) is 5.92 Å². The van der Waals surface area contributed by atoms with E-state index < -0.39 is 17.2 Å². The van der Waals surface area contributed by atoms with E-state index in [9.17, 15) is 19.5 Å². The van der Waals surface area contributed by atoms with Crippen LogP contribution >= 0.6 is 11.6 Å². The van der Waals surface area contributed by atoms with E-state index in [1.165, 1.54) is 13.3 Å². The van der Waals surface area contributed by atoms with Gasteiger partial charge in [0.1, 0.15) is 11.3 Å². The van der Waals surface area contributed by atoms with Gasteiger partial charge in [0.05, 0.1) is 24.1 Å². The average molecular weight is 540 g/mol. The molecule has 2 aromatic carbocycles. The maximum Gasteiger partial charge on any atom is 0.341 e. The molecular formula is C28H27ClFN3O5. The molecule has 10 heteroatoms. The molecule has 1 N–H and O–H groups in total. The van der Waals surface area contributed by atoms with Crippen LogP contribution < -0.4 is 15.1 Å². The van der Waals surface area contributed by atoms with Crippen LogP contribution in [0.5, 0.6) is 5.75 Å². The minimum atomic E-state index is -1.34. The number of amides is 1. The zero-order chi connectivity index (χ0) is 26.7. The van der Waals surface area contributed by atoms with Crippen molar-refractivity contribution in [2.75, 3.05) is 31.6 Å². The largest absolute Gasteiger partial charge is 0.492 e. The third-order valence-corrected chi connectivity index (χ3v) is 8.27. The van der Waals surface area contributed by atoms with E-state index in [1.54, 1.807) is 28.8 Å². The highest BCUT2D eigenvalue weighted by Crippen LogP contribution is 2.45. The third-order valence-electron chi connectivity index (χ3n) is 8.02. The zero-order valence-corrected chi connectivity index (χ0v) is 21.6. The first-order valence-corrected chi connectivity index (χ1v) is 13.2. The Kier molecular flexibility index (Phi) is 6.06. The second kappa shape index (κ2) is 9.31. The number of likely N-dealkylation sites (tertiary alicyclic amines) is 1. The number of aromatic carboxylic acids is 1. The molecule has 6 rings (SSSR count). The number of benzene rings is 2. The highest BCUT2D eigenvalue weighted by Gasteiger charge is 2.43. The SMILES string of the molecule is COc1c(N2C[C@H]3CCCN(C(=O)c4ccc(Cl)cc4)[C@H]3C2)c(F)cc2c(=O)c(C(=O)O)cn(C3CC3)c12. The van der Waals surface area contributed by atoms with Gasteiger partial charge in [-0.25, -0.2) is 9.18 Å². The van der Waals surface area contributed by atoms with Crippen LogP contribution in [0.25, 0.3) is 10.9 Å². The molecule has 2 atom stereocenters. The second-order valence-electron chi connectivity index (χ2n) is 10.3. The number of hydrogen-bond donors (Lipinski definition) is 1. The number of nitrogens with zero attached hydrogens (tertiary/aromatic N) is 3. The van der Waals surface area contributed by atoms with Gasteiger partial charge in [-0.15, -0.1) is 0 Å². The Hall–Kier alpha value is -3.59. The Morgan fingerprint density at radius 2 is 1.87 bits per heavy atom. The molecule has 0 bridgehead atoms. The number of carbonyl (C=O) groups is 2.